The van der Waals surface area contributed by atoms with Gasteiger partial charge in [0, 0.05) is 48.6 Å². The number of fused-ring (bicyclic) bond motifs is 1. The van der Waals surface area contributed by atoms with Crippen LogP contribution >= 0.6 is 11.8 Å². The van der Waals surface area contributed by atoms with Gasteiger partial charge < -0.3 is 19.5 Å². The van der Waals surface area contributed by atoms with Crippen LogP contribution < -0.4 is 5.32 Å². The third-order valence-electron chi connectivity index (χ3n) is 5.33. The topological polar surface area (TPSA) is 63.6 Å². The smallest absolute Gasteiger partial charge is 0.407 e. The molecule has 0 aliphatic carbocycles. The Kier molecular flexibility index (Phi) is 4.56. The number of hydrogen-bond acceptors (Lipinski definition) is 4. The highest BCUT2D eigenvalue weighted by Crippen LogP contribution is 2.31. The summed E-state index contributed by atoms with van der Waals surface area (Å²) in [5.74, 6) is 0.580. The van der Waals surface area contributed by atoms with E-state index in [1.807, 2.05) is 24.1 Å². The first-order valence-corrected chi connectivity index (χ1v) is 9.96. The van der Waals surface area contributed by atoms with Crippen molar-refractivity contribution in [3.8, 4) is 0 Å². The maximum Gasteiger partial charge on any atom is 0.407 e. The molecule has 2 aromatic rings. The van der Waals surface area contributed by atoms with E-state index in [0.29, 0.717) is 25.3 Å². The van der Waals surface area contributed by atoms with Gasteiger partial charge in [0.1, 0.15) is 5.60 Å². The van der Waals surface area contributed by atoms with E-state index in [1.165, 1.54) is 10.9 Å². The summed E-state index contributed by atoms with van der Waals surface area (Å²) < 4.78 is 7.58. The van der Waals surface area contributed by atoms with Crippen molar-refractivity contribution < 1.29 is 14.3 Å². The van der Waals surface area contributed by atoms with Crippen molar-refractivity contribution in [2.75, 3.05) is 25.4 Å². The van der Waals surface area contributed by atoms with Gasteiger partial charge in [-0.1, -0.05) is 18.2 Å². The first-order valence-electron chi connectivity index (χ1n) is 8.98. The highest BCUT2D eigenvalue weighted by atomic mass is 32.2. The first-order chi connectivity index (χ1) is 12.6. The lowest BCUT2D eigenvalue weighted by Gasteiger charge is -2.25. The lowest BCUT2D eigenvalue weighted by molar-refractivity contribution is -0.128. The van der Waals surface area contributed by atoms with Crippen LogP contribution in [0.5, 0.6) is 0 Å². The lowest BCUT2D eigenvalue weighted by Crippen LogP contribution is -2.37. The molecular formula is C19H23N3O3S. The molecule has 4 rings (SSSR count). The minimum Gasteiger partial charge on any atom is -0.441 e. The second kappa shape index (κ2) is 6.87. The molecule has 2 saturated heterocycles. The zero-order valence-electron chi connectivity index (χ0n) is 14.9. The zero-order valence-corrected chi connectivity index (χ0v) is 15.7. The number of likely N-dealkylation sites (tertiary alicyclic amines) is 1. The molecule has 1 unspecified atom stereocenters. The van der Waals surface area contributed by atoms with Crippen molar-refractivity contribution in [2.24, 2.45) is 7.05 Å². The van der Waals surface area contributed by atoms with Crippen LogP contribution in [0.4, 0.5) is 4.79 Å². The summed E-state index contributed by atoms with van der Waals surface area (Å²) in [5, 5.41) is 3.93. The highest BCUT2D eigenvalue weighted by Gasteiger charge is 2.41. The number of hydrogen-bond donors (Lipinski definition) is 1. The van der Waals surface area contributed by atoms with Gasteiger partial charge in [-0.25, -0.2) is 4.79 Å². The monoisotopic (exact) mass is 373 g/mol. The summed E-state index contributed by atoms with van der Waals surface area (Å²) in [5.41, 5.74) is 0.754. The SMILES string of the molecule is Cn1cc(SCC(=O)N2CCCC3(CC2)CNC(=O)O3)c2ccccc21. The maximum absolute atomic E-state index is 12.7. The minimum atomic E-state index is -0.422. The molecule has 7 heteroatoms. The molecule has 3 heterocycles. The summed E-state index contributed by atoms with van der Waals surface area (Å²) in [6, 6.07) is 8.24. The van der Waals surface area contributed by atoms with Gasteiger partial charge in [-0.3, -0.25) is 4.79 Å². The number of thioether (sulfide) groups is 1. The van der Waals surface area contributed by atoms with E-state index in [1.54, 1.807) is 11.8 Å². The van der Waals surface area contributed by atoms with Gasteiger partial charge in [0.05, 0.1) is 12.3 Å². The van der Waals surface area contributed by atoms with Crippen molar-refractivity contribution in [2.45, 2.75) is 29.8 Å². The first kappa shape index (κ1) is 17.3. The Morgan fingerprint density at radius 2 is 2.15 bits per heavy atom. The van der Waals surface area contributed by atoms with Crippen LogP contribution in [0.3, 0.4) is 0 Å². The fourth-order valence-corrected chi connectivity index (χ4v) is 4.87. The summed E-state index contributed by atoms with van der Waals surface area (Å²) in [4.78, 5) is 27.2. The molecule has 1 aromatic heterocycles. The van der Waals surface area contributed by atoms with Crippen LogP contribution in [0, 0.1) is 0 Å². The van der Waals surface area contributed by atoms with Crippen molar-refractivity contribution in [1.82, 2.24) is 14.8 Å². The number of alkyl carbamates (subject to hydrolysis) is 1. The lowest BCUT2D eigenvalue weighted by atomic mass is 9.95. The number of aryl methyl sites for hydroxylation is 1. The van der Waals surface area contributed by atoms with Gasteiger partial charge in [-0.15, -0.1) is 11.8 Å². The fraction of sp³-hybridized carbons (Fsp3) is 0.474. The quantitative estimate of drug-likeness (QED) is 0.841. The van der Waals surface area contributed by atoms with E-state index in [9.17, 15) is 9.59 Å². The largest absolute Gasteiger partial charge is 0.441 e. The zero-order chi connectivity index (χ0) is 18.1. The van der Waals surface area contributed by atoms with E-state index < -0.39 is 5.60 Å². The number of rotatable bonds is 3. The Labute approximate surface area is 156 Å². The Morgan fingerprint density at radius 1 is 1.31 bits per heavy atom. The molecule has 2 aliphatic heterocycles. The van der Waals surface area contributed by atoms with Crippen molar-refractivity contribution in [3.05, 3.63) is 30.5 Å². The third kappa shape index (κ3) is 3.28. The molecule has 6 nitrogen and oxygen atoms in total. The predicted octanol–water partition coefficient (Wildman–Crippen LogP) is 2.76. The standard InChI is InChI=1S/C19H23N3O3S/c1-21-11-16(14-5-2-3-6-15(14)21)26-12-17(23)22-9-4-7-19(8-10-22)13-20-18(24)25-19/h2-3,5-6,11H,4,7-10,12-13H2,1H3,(H,20,24). The van der Waals surface area contributed by atoms with Gasteiger partial charge in [0.25, 0.3) is 0 Å². The normalized spacial score (nSPS) is 23.1. The second-order valence-electron chi connectivity index (χ2n) is 7.07. The number of carbonyl (C=O) groups is 2. The Balaban J connectivity index is 1.38. The van der Waals surface area contributed by atoms with E-state index >= 15 is 0 Å². The van der Waals surface area contributed by atoms with Crippen LogP contribution in [0.15, 0.2) is 35.4 Å². The van der Waals surface area contributed by atoms with Crippen LogP contribution in [-0.4, -0.2) is 52.5 Å². The van der Waals surface area contributed by atoms with Crippen molar-refractivity contribution in [1.29, 1.82) is 0 Å². The molecule has 0 saturated carbocycles. The van der Waals surface area contributed by atoms with Crippen molar-refractivity contribution >= 4 is 34.7 Å². The summed E-state index contributed by atoms with van der Waals surface area (Å²) in [7, 11) is 2.03. The molecule has 2 aliphatic rings. The van der Waals surface area contributed by atoms with Crippen LogP contribution in [0.1, 0.15) is 19.3 Å². The Bertz CT molecular complexity index is 850. The van der Waals surface area contributed by atoms with Crippen LogP contribution in [0.2, 0.25) is 0 Å². The number of nitrogens with zero attached hydrogens (tertiary/aromatic N) is 2. The molecule has 1 atom stereocenters. The van der Waals surface area contributed by atoms with E-state index in [4.69, 9.17) is 4.74 Å². The fourth-order valence-electron chi connectivity index (χ4n) is 3.85. The number of amides is 2. The highest BCUT2D eigenvalue weighted by molar-refractivity contribution is 8.00. The van der Waals surface area contributed by atoms with Gasteiger partial charge in [-0.2, -0.15) is 0 Å². The van der Waals surface area contributed by atoms with E-state index in [0.717, 1.165) is 24.3 Å². The Hall–Kier alpha value is -2.15. The van der Waals surface area contributed by atoms with Gasteiger partial charge >= 0.3 is 6.09 Å². The molecule has 2 fully saturated rings. The molecule has 0 bridgehead atoms. The summed E-state index contributed by atoms with van der Waals surface area (Å²) >= 11 is 1.59. The molecule has 1 N–H and O–H groups in total. The minimum absolute atomic E-state index is 0.150. The average molecular weight is 373 g/mol. The van der Waals surface area contributed by atoms with Crippen molar-refractivity contribution in [3.63, 3.8) is 0 Å². The third-order valence-corrected chi connectivity index (χ3v) is 6.35. The number of para-hydroxylation sites is 1. The van der Waals surface area contributed by atoms with E-state index in [2.05, 4.69) is 28.2 Å². The number of aromatic nitrogens is 1. The van der Waals surface area contributed by atoms with Crippen LogP contribution in [0.25, 0.3) is 10.9 Å². The molecule has 1 spiro atoms. The average Bonchev–Trinajstić information content (AvgIpc) is 3.08. The number of nitrogens with one attached hydrogen (secondary N) is 1. The molecular weight excluding hydrogens is 350 g/mol. The number of benzene rings is 1. The van der Waals surface area contributed by atoms with Gasteiger partial charge in [0.15, 0.2) is 0 Å². The molecule has 2 amide bonds. The molecule has 0 radical (unpaired) electrons. The van der Waals surface area contributed by atoms with E-state index in [-0.39, 0.29) is 12.0 Å². The molecule has 26 heavy (non-hydrogen) atoms. The summed E-state index contributed by atoms with van der Waals surface area (Å²) in [6.07, 6.45) is 4.13. The predicted molar refractivity (Wildman–Crippen MR) is 101 cm³/mol. The maximum atomic E-state index is 12.7. The summed E-state index contributed by atoms with van der Waals surface area (Å²) in [6.45, 7) is 1.93. The Morgan fingerprint density at radius 3 is 2.96 bits per heavy atom. The van der Waals surface area contributed by atoms with Gasteiger partial charge in [-0.05, 0) is 18.9 Å². The molecule has 1 aromatic carbocycles. The van der Waals surface area contributed by atoms with Gasteiger partial charge in [0.2, 0.25) is 5.91 Å². The van der Waals surface area contributed by atoms with Crippen LogP contribution in [-0.2, 0) is 16.6 Å². The number of carbonyl (C=O) groups excluding carboxylic acids is 2. The second-order valence-corrected chi connectivity index (χ2v) is 8.09. The number of ether oxygens (including phenoxy) is 1. The molecule has 138 valence electrons.